The molecule has 5 heteroatoms. The number of hydrogen-bond acceptors (Lipinski definition) is 0. The molecule has 2 aromatic heterocycles. The number of hydrogen-bond donors (Lipinski definition) is 0. The zero-order valence-electron chi connectivity index (χ0n) is 20.5. The molecule has 2 atom stereocenters. The molecule has 0 saturated carbocycles. The van der Waals surface area contributed by atoms with Crippen molar-refractivity contribution in [3.8, 4) is 22.5 Å². The fraction of sp³-hybridized carbons (Fsp3) is 0.125. The van der Waals surface area contributed by atoms with Crippen LogP contribution in [-0.2, 0) is 33.2 Å². The third-order valence-electron chi connectivity index (χ3n) is 8.26. The monoisotopic (exact) mass is 554 g/mol. The Balaban J connectivity index is 0.00000126. The van der Waals surface area contributed by atoms with Gasteiger partial charge in [-0.15, -0.1) is 0 Å². The van der Waals surface area contributed by atoms with E-state index in [-0.39, 0.29) is 24.8 Å². The number of para-hydroxylation sites is 2. The molecule has 37 heavy (non-hydrogen) atoms. The van der Waals surface area contributed by atoms with Gasteiger partial charge in [0.1, 0.15) is 0 Å². The Morgan fingerprint density at radius 2 is 0.892 bits per heavy atom. The van der Waals surface area contributed by atoms with E-state index in [9.17, 15) is 0 Å². The molecule has 6 aromatic rings. The summed E-state index contributed by atoms with van der Waals surface area (Å²) in [6, 6.07) is 36.3. The summed E-state index contributed by atoms with van der Waals surface area (Å²) in [5.41, 5.74) is 14.6. The van der Waals surface area contributed by atoms with Gasteiger partial charge in [0.15, 0.2) is 0 Å². The van der Waals surface area contributed by atoms with Crippen LogP contribution in [-0.4, -0.2) is 9.13 Å². The third kappa shape index (κ3) is 3.17. The molecule has 0 amide bonds. The second-order valence-electron chi connectivity index (χ2n) is 9.88. The number of fused-ring (bicyclic) bond motifs is 10. The molecule has 0 spiro atoms. The van der Waals surface area contributed by atoms with Gasteiger partial charge < -0.3 is 24.8 Å². The molecule has 0 saturated heterocycles. The first-order valence-corrected chi connectivity index (χ1v) is 14.1. The van der Waals surface area contributed by atoms with E-state index in [0.29, 0.717) is 8.45 Å². The van der Waals surface area contributed by atoms with E-state index in [0.717, 1.165) is 0 Å². The van der Waals surface area contributed by atoms with Crippen LogP contribution < -0.4 is 24.8 Å². The van der Waals surface area contributed by atoms with Gasteiger partial charge in [-0.05, 0) is 0 Å². The van der Waals surface area contributed by atoms with Crippen LogP contribution in [0, 0.1) is 0 Å². The molecular weight excluding hydrogens is 531 g/mol. The molecule has 2 unspecified atom stereocenters. The van der Waals surface area contributed by atoms with Crippen molar-refractivity contribution in [3.63, 3.8) is 0 Å². The van der Waals surface area contributed by atoms with Crippen LogP contribution in [0.1, 0.15) is 30.7 Å². The molecule has 4 aromatic carbocycles. The summed E-state index contributed by atoms with van der Waals surface area (Å²) in [6.07, 6.45) is 0. The smallest absolute Gasteiger partial charge is 1.00 e. The van der Waals surface area contributed by atoms with E-state index < -0.39 is 19.2 Å². The summed E-state index contributed by atoms with van der Waals surface area (Å²) in [5, 5.41) is 2.86. The molecule has 0 N–H and O–H groups in total. The maximum absolute atomic E-state index is 2.43. The maximum Gasteiger partial charge on any atom is -1.00 e. The van der Waals surface area contributed by atoms with Crippen molar-refractivity contribution in [3.05, 3.63) is 119 Å². The Hall–Kier alpha value is -2.75. The van der Waals surface area contributed by atoms with Crippen LogP contribution in [0.4, 0.5) is 0 Å². The van der Waals surface area contributed by atoms with Crippen LogP contribution in [0.2, 0.25) is 0 Å². The average Bonchev–Trinajstić information content (AvgIpc) is 3.59. The van der Waals surface area contributed by atoms with Crippen molar-refractivity contribution in [2.75, 3.05) is 0 Å². The Morgan fingerprint density at radius 1 is 0.514 bits per heavy atom. The molecule has 8 rings (SSSR count). The number of rotatable bonds is 2. The Kier molecular flexibility index (Phi) is 5.93. The molecule has 2 aliphatic rings. The first-order valence-electron chi connectivity index (χ1n) is 12.3. The standard InChI is InChI=1S/2C16H12N.2ClH.Ti/c2*1-17-15-9-5-4-8-13(15)14-10-11-6-2-3-7-12(11)16(14)17;;;/h2*2-10H,1H3;2*1H;/q;;;;+2/p-2. The zero-order valence-corrected chi connectivity index (χ0v) is 23.6. The predicted octanol–water partition coefficient (Wildman–Crippen LogP) is 1.60. The summed E-state index contributed by atoms with van der Waals surface area (Å²) in [7, 11) is 4.49. The van der Waals surface area contributed by atoms with Crippen LogP contribution in [0.3, 0.4) is 0 Å². The van der Waals surface area contributed by atoms with E-state index >= 15 is 0 Å². The van der Waals surface area contributed by atoms with Gasteiger partial charge in [0, 0.05) is 0 Å². The first-order chi connectivity index (χ1) is 17.2. The van der Waals surface area contributed by atoms with Crippen molar-refractivity contribution in [2.45, 2.75) is 8.45 Å². The molecule has 2 nitrogen and oxygen atoms in total. The van der Waals surface area contributed by atoms with Gasteiger partial charge in [-0.25, -0.2) is 0 Å². The Labute approximate surface area is 238 Å². The van der Waals surface area contributed by atoms with Crippen molar-refractivity contribution in [1.29, 1.82) is 0 Å². The predicted molar refractivity (Wildman–Crippen MR) is 140 cm³/mol. The largest absolute Gasteiger partial charge is 1.00 e. The Bertz CT molecular complexity index is 1700. The van der Waals surface area contributed by atoms with Gasteiger partial charge in [0.2, 0.25) is 0 Å². The maximum atomic E-state index is 2.43. The molecule has 180 valence electrons. The summed E-state index contributed by atoms with van der Waals surface area (Å²) < 4.78 is 5.86. The van der Waals surface area contributed by atoms with E-state index in [1.807, 2.05) is 0 Å². The minimum Gasteiger partial charge on any atom is -1.00 e. The molecule has 0 bridgehead atoms. The van der Waals surface area contributed by atoms with Gasteiger partial charge in [-0.2, -0.15) is 0 Å². The molecule has 0 radical (unpaired) electrons. The molecule has 2 aliphatic carbocycles. The van der Waals surface area contributed by atoms with Crippen molar-refractivity contribution in [2.24, 2.45) is 14.1 Å². The van der Waals surface area contributed by atoms with Gasteiger partial charge in [-0.3, -0.25) is 0 Å². The van der Waals surface area contributed by atoms with E-state index in [2.05, 4.69) is 120 Å². The van der Waals surface area contributed by atoms with Crippen LogP contribution in [0.5, 0.6) is 0 Å². The van der Waals surface area contributed by atoms with E-state index in [1.54, 1.807) is 11.1 Å². The second-order valence-corrected chi connectivity index (χ2v) is 12.2. The van der Waals surface area contributed by atoms with Gasteiger partial charge in [0.05, 0.1) is 0 Å². The second kappa shape index (κ2) is 8.93. The summed E-state index contributed by atoms with van der Waals surface area (Å²) in [4.78, 5) is 0. The minimum atomic E-state index is -0.474. The number of halogens is 2. The zero-order chi connectivity index (χ0) is 23.3. The summed E-state index contributed by atoms with van der Waals surface area (Å²) in [6.45, 7) is 0. The minimum absolute atomic E-state index is 0. The van der Waals surface area contributed by atoms with Crippen LogP contribution in [0.25, 0.3) is 44.3 Å². The summed E-state index contributed by atoms with van der Waals surface area (Å²) >= 11 is -0.474. The van der Waals surface area contributed by atoms with Crippen LogP contribution >= 0.6 is 0 Å². The topological polar surface area (TPSA) is 9.86 Å². The molecule has 0 aliphatic heterocycles. The van der Waals surface area contributed by atoms with E-state index in [4.69, 9.17) is 0 Å². The molecule has 2 heterocycles. The van der Waals surface area contributed by atoms with Crippen molar-refractivity contribution < 1.29 is 44.0 Å². The van der Waals surface area contributed by atoms with Gasteiger partial charge >= 0.3 is 214 Å². The number of aryl methyl sites for hydroxylation is 2. The van der Waals surface area contributed by atoms with Gasteiger partial charge in [0.25, 0.3) is 0 Å². The first kappa shape index (κ1) is 24.6. The Morgan fingerprint density at radius 3 is 1.35 bits per heavy atom. The quantitative estimate of drug-likeness (QED) is 0.288. The normalized spacial score (nSPS) is 16.4. The number of aromatic nitrogens is 2. The SMILES string of the molecule is Cn1c2c(c3ccccc31)[CH]([Ti+2][CH]1c3ccccc3-c3c1c1ccccc1n3C)c1ccccc1-2.[Cl-].[Cl-]. The fourth-order valence-electron chi connectivity index (χ4n) is 6.83. The summed E-state index contributed by atoms with van der Waals surface area (Å²) in [5.74, 6) is 0. The molecular formula is C32H24Cl2N2Ti. The van der Waals surface area contributed by atoms with Crippen LogP contribution in [0.15, 0.2) is 97.1 Å². The number of benzene rings is 4. The van der Waals surface area contributed by atoms with Gasteiger partial charge in [-0.1, -0.05) is 0 Å². The third-order valence-corrected chi connectivity index (χ3v) is 11.2. The molecule has 0 fully saturated rings. The fourth-order valence-corrected chi connectivity index (χ4v) is 10.1. The van der Waals surface area contributed by atoms with E-state index in [1.165, 1.54) is 55.4 Å². The average molecular weight is 555 g/mol. The van der Waals surface area contributed by atoms with Crippen molar-refractivity contribution >= 4 is 21.8 Å². The van der Waals surface area contributed by atoms with Crippen molar-refractivity contribution in [1.82, 2.24) is 9.13 Å². The number of nitrogens with zero attached hydrogens (tertiary/aromatic N) is 2.